The van der Waals surface area contributed by atoms with Crippen molar-refractivity contribution in [1.82, 2.24) is 5.32 Å². The molecule has 0 saturated carbocycles. The van der Waals surface area contributed by atoms with E-state index in [0.717, 1.165) is 5.56 Å². The molecular formula is C20H21FN2O4. The maximum atomic E-state index is 13.7. The van der Waals surface area contributed by atoms with Gasteiger partial charge in [0.25, 0.3) is 11.6 Å². The quantitative estimate of drug-likeness (QED) is 0.643. The summed E-state index contributed by atoms with van der Waals surface area (Å²) in [5, 5.41) is 14.0. The molecule has 0 spiro atoms. The predicted octanol–water partition coefficient (Wildman–Crippen LogP) is 3.52. The average Bonchev–Trinajstić information content (AvgIpc) is 2.67. The lowest BCUT2D eigenvalue weighted by Crippen LogP contribution is -2.44. The van der Waals surface area contributed by atoms with Gasteiger partial charge in [0.15, 0.2) is 0 Å². The molecule has 1 aliphatic heterocycles. The normalized spacial score (nSPS) is 15.9. The van der Waals surface area contributed by atoms with E-state index in [9.17, 15) is 19.3 Å². The molecule has 1 N–H and O–H groups in total. The molecule has 0 aromatic heterocycles. The molecular weight excluding hydrogens is 351 g/mol. The van der Waals surface area contributed by atoms with Gasteiger partial charge in [0.2, 0.25) is 0 Å². The van der Waals surface area contributed by atoms with Gasteiger partial charge in [-0.15, -0.1) is 0 Å². The van der Waals surface area contributed by atoms with E-state index in [4.69, 9.17) is 4.74 Å². The number of hydrogen-bond donors (Lipinski definition) is 1. The van der Waals surface area contributed by atoms with E-state index in [-0.39, 0.29) is 23.0 Å². The van der Waals surface area contributed by atoms with Gasteiger partial charge in [-0.25, -0.2) is 4.39 Å². The zero-order valence-corrected chi connectivity index (χ0v) is 15.0. The van der Waals surface area contributed by atoms with Crippen molar-refractivity contribution < 1.29 is 18.8 Å². The highest BCUT2D eigenvalue weighted by atomic mass is 19.1. The number of nitro benzene ring substituents is 1. The van der Waals surface area contributed by atoms with Crippen LogP contribution in [0.25, 0.3) is 0 Å². The number of nitrogens with zero attached hydrogens (tertiary/aromatic N) is 1. The predicted molar refractivity (Wildman–Crippen MR) is 98.3 cm³/mol. The largest absolute Gasteiger partial charge is 0.381 e. The van der Waals surface area contributed by atoms with E-state index in [1.807, 2.05) is 6.07 Å². The first-order chi connectivity index (χ1) is 12.9. The maximum Gasteiger partial charge on any atom is 0.273 e. The van der Waals surface area contributed by atoms with Gasteiger partial charge < -0.3 is 10.1 Å². The molecule has 1 amide bonds. The Bertz CT molecular complexity index is 863. The molecule has 0 aliphatic carbocycles. The molecule has 0 atom stereocenters. The van der Waals surface area contributed by atoms with Crippen molar-refractivity contribution >= 4 is 11.6 Å². The fourth-order valence-electron chi connectivity index (χ4n) is 3.56. The maximum absolute atomic E-state index is 13.7. The van der Waals surface area contributed by atoms with E-state index in [0.29, 0.717) is 38.2 Å². The number of rotatable bonds is 5. The van der Waals surface area contributed by atoms with Gasteiger partial charge in [0, 0.05) is 42.4 Å². The van der Waals surface area contributed by atoms with Crippen LogP contribution >= 0.6 is 0 Å². The third kappa shape index (κ3) is 3.98. The van der Waals surface area contributed by atoms with E-state index >= 15 is 0 Å². The van der Waals surface area contributed by atoms with Crippen LogP contribution in [0.5, 0.6) is 0 Å². The summed E-state index contributed by atoms with van der Waals surface area (Å²) in [5.41, 5.74) is 0.901. The van der Waals surface area contributed by atoms with E-state index in [2.05, 4.69) is 5.32 Å². The Kier molecular flexibility index (Phi) is 5.51. The lowest BCUT2D eigenvalue weighted by molar-refractivity contribution is -0.385. The first kappa shape index (κ1) is 19.0. The van der Waals surface area contributed by atoms with Gasteiger partial charge in [-0.1, -0.05) is 18.2 Å². The van der Waals surface area contributed by atoms with Crippen LogP contribution in [-0.4, -0.2) is 30.6 Å². The molecule has 0 unspecified atom stereocenters. The van der Waals surface area contributed by atoms with Gasteiger partial charge in [-0.2, -0.15) is 0 Å². The summed E-state index contributed by atoms with van der Waals surface area (Å²) in [7, 11) is 0. The number of nitro groups is 1. The molecule has 1 aliphatic rings. The fourth-order valence-corrected chi connectivity index (χ4v) is 3.56. The molecule has 1 fully saturated rings. The number of halogens is 1. The Morgan fingerprint density at radius 2 is 1.96 bits per heavy atom. The number of benzene rings is 2. The third-order valence-corrected chi connectivity index (χ3v) is 5.22. The van der Waals surface area contributed by atoms with Crippen molar-refractivity contribution in [3.8, 4) is 0 Å². The van der Waals surface area contributed by atoms with E-state index in [1.54, 1.807) is 19.1 Å². The Morgan fingerprint density at radius 3 is 2.63 bits per heavy atom. The van der Waals surface area contributed by atoms with Crippen molar-refractivity contribution in [3.63, 3.8) is 0 Å². The van der Waals surface area contributed by atoms with Crippen LogP contribution in [0.2, 0.25) is 0 Å². The highest BCUT2D eigenvalue weighted by Crippen LogP contribution is 2.34. The zero-order valence-electron chi connectivity index (χ0n) is 15.0. The summed E-state index contributed by atoms with van der Waals surface area (Å²) in [6, 6.07) is 10.8. The molecule has 142 valence electrons. The SMILES string of the molecule is Cc1c(C(=O)NCC2(c3cccc(F)c3)CCOCC2)cccc1[N+](=O)[O-]. The summed E-state index contributed by atoms with van der Waals surface area (Å²) < 4.78 is 19.2. The molecule has 0 radical (unpaired) electrons. The van der Waals surface area contributed by atoms with Crippen molar-refractivity contribution in [1.29, 1.82) is 0 Å². The van der Waals surface area contributed by atoms with Crippen LogP contribution < -0.4 is 5.32 Å². The number of nitrogens with one attached hydrogen (secondary N) is 1. The molecule has 0 bridgehead atoms. The number of amides is 1. The van der Waals surface area contributed by atoms with Gasteiger partial charge in [0.05, 0.1) is 4.92 Å². The molecule has 1 heterocycles. The summed E-state index contributed by atoms with van der Waals surface area (Å²) in [5.74, 6) is -0.697. The summed E-state index contributed by atoms with van der Waals surface area (Å²) >= 11 is 0. The highest BCUT2D eigenvalue weighted by molar-refractivity contribution is 5.96. The second kappa shape index (κ2) is 7.84. The zero-order chi connectivity index (χ0) is 19.4. The Balaban J connectivity index is 1.83. The van der Waals surface area contributed by atoms with Crippen LogP contribution in [0.4, 0.5) is 10.1 Å². The van der Waals surface area contributed by atoms with Gasteiger partial charge >= 0.3 is 0 Å². The smallest absolute Gasteiger partial charge is 0.273 e. The minimum Gasteiger partial charge on any atom is -0.381 e. The highest BCUT2D eigenvalue weighted by Gasteiger charge is 2.35. The summed E-state index contributed by atoms with van der Waals surface area (Å²) in [6.45, 7) is 2.93. The van der Waals surface area contributed by atoms with Crippen LogP contribution in [0.1, 0.15) is 34.3 Å². The van der Waals surface area contributed by atoms with Gasteiger partial charge in [-0.05, 0) is 43.5 Å². The van der Waals surface area contributed by atoms with Crippen molar-refractivity contribution in [2.24, 2.45) is 0 Å². The molecule has 7 heteroatoms. The minimum atomic E-state index is -0.501. The minimum absolute atomic E-state index is 0.0893. The van der Waals surface area contributed by atoms with Crippen LogP contribution in [0, 0.1) is 22.9 Å². The van der Waals surface area contributed by atoms with E-state index < -0.39 is 10.3 Å². The molecule has 1 saturated heterocycles. The first-order valence-corrected chi connectivity index (χ1v) is 8.79. The van der Waals surface area contributed by atoms with Crippen molar-refractivity contribution in [2.45, 2.75) is 25.2 Å². The molecule has 2 aromatic carbocycles. The van der Waals surface area contributed by atoms with Crippen LogP contribution in [-0.2, 0) is 10.2 Å². The monoisotopic (exact) mass is 372 g/mol. The van der Waals surface area contributed by atoms with Crippen molar-refractivity contribution in [2.75, 3.05) is 19.8 Å². The Morgan fingerprint density at radius 1 is 1.26 bits per heavy atom. The standard InChI is InChI=1S/C20H21FN2O4/c1-14-17(6-3-7-18(14)23(25)26)19(24)22-13-20(8-10-27-11-9-20)15-4-2-5-16(21)12-15/h2-7,12H,8-11,13H2,1H3,(H,22,24). The number of carbonyl (C=O) groups excluding carboxylic acids is 1. The first-order valence-electron chi connectivity index (χ1n) is 8.79. The second-order valence-electron chi connectivity index (χ2n) is 6.79. The number of hydrogen-bond acceptors (Lipinski definition) is 4. The lowest BCUT2D eigenvalue weighted by Gasteiger charge is -2.38. The van der Waals surface area contributed by atoms with Crippen LogP contribution in [0.15, 0.2) is 42.5 Å². The fraction of sp³-hybridized carbons (Fsp3) is 0.350. The van der Waals surface area contributed by atoms with Crippen molar-refractivity contribution in [3.05, 3.63) is 75.1 Å². The third-order valence-electron chi connectivity index (χ3n) is 5.22. The molecule has 27 heavy (non-hydrogen) atoms. The topological polar surface area (TPSA) is 81.5 Å². The van der Waals surface area contributed by atoms with E-state index in [1.165, 1.54) is 24.3 Å². The molecule has 6 nitrogen and oxygen atoms in total. The Labute approximate surface area is 156 Å². The second-order valence-corrected chi connectivity index (χ2v) is 6.79. The summed E-state index contributed by atoms with van der Waals surface area (Å²) in [4.78, 5) is 23.3. The van der Waals surface area contributed by atoms with Crippen LogP contribution in [0.3, 0.4) is 0 Å². The van der Waals surface area contributed by atoms with Gasteiger partial charge in [-0.3, -0.25) is 14.9 Å². The molecule has 2 aromatic rings. The molecule has 3 rings (SSSR count). The Hall–Kier alpha value is -2.80. The number of ether oxygens (including phenoxy) is 1. The summed E-state index contributed by atoms with van der Waals surface area (Å²) in [6.07, 6.45) is 1.31. The average molecular weight is 372 g/mol. The number of carbonyl (C=O) groups is 1. The van der Waals surface area contributed by atoms with Gasteiger partial charge in [0.1, 0.15) is 5.82 Å². The lowest BCUT2D eigenvalue weighted by atomic mass is 9.74.